The number of amides is 2. The quantitative estimate of drug-likeness (QED) is 0.494. The van der Waals surface area contributed by atoms with Gasteiger partial charge in [0.25, 0.3) is 11.8 Å². The first-order valence-electron chi connectivity index (χ1n) is 7.11. The first-order chi connectivity index (χ1) is 11.0. The van der Waals surface area contributed by atoms with Crippen LogP contribution in [0.4, 0.5) is 0 Å². The molecule has 2 atom stereocenters. The van der Waals surface area contributed by atoms with Gasteiger partial charge in [0, 0.05) is 5.56 Å². The predicted octanol–water partition coefficient (Wildman–Crippen LogP) is 1.34. The normalized spacial score (nSPS) is 13.0. The van der Waals surface area contributed by atoms with Crippen LogP contribution < -0.4 is 10.8 Å². The summed E-state index contributed by atoms with van der Waals surface area (Å²) in [6.07, 6.45) is -1.14. The van der Waals surface area contributed by atoms with Crippen molar-refractivity contribution >= 4 is 11.8 Å². The van der Waals surface area contributed by atoms with Crippen LogP contribution in [0.5, 0.6) is 0 Å². The summed E-state index contributed by atoms with van der Waals surface area (Å²) in [6.45, 7) is 1.35. The lowest BCUT2D eigenvalue weighted by molar-refractivity contribution is -0.133. The summed E-state index contributed by atoms with van der Waals surface area (Å²) in [5, 5.41) is 20.5. The Hall–Kier alpha value is -2.70. The molecule has 0 fully saturated rings. The molecule has 4 N–H and O–H groups in total. The second-order valence-electron chi connectivity index (χ2n) is 5.11. The fourth-order valence-electron chi connectivity index (χ4n) is 2.14. The second kappa shape index (κ2) is 7.53. The van der Waals surface area contributed by atoms with Gasteiger partial charge in [-0.05, 0) is 30.2 Å². The summed E-state index contributed by atoms with van der Waals surface area (Å²) in [5.74, 6) is -1.40. The fourth-order valence-corrected chi connectivity index (χ4v) is 2.14. The van der Waals surface area contributed by atoms with Gasteiger partial charge in [-0.3, -0.25) is 14.8 Å². The summed E-state index contributed by atoms with van der Waals surface area (Å²) < 4.78 is 0. The van der Waals surface area contributed by atoms with E-state index in [0.717, 1.165) is 11.1 Å². The molecule has 0 aliphatic carbocycles. The van der Waals surface area contributed by atoms with Crippen molar-refractivity contribution in [1.82, 2.24) is 10.8 Å². The van der Waals surface area contributed by atoms with Crippen LogP contribution in [0.15, 0.2) is 54.6 Å². The van der Waals surface area contributed by atoms with Gasteiger partial charge in [0.05, 0.1) is 6.10 Å². The van der Waals surface area contributed by atoms with Gasteiger partial charge in [-0.25, -0.2) is 5.48 Å². The van der Waals surface area contributed by atoms with E-state index in [2.05, 4.69) is 5.32 Å². The van der Waals surface area contributed by atoms with Crippen LogP contribution in [0.25, 0.3) is 11.1 Å². The summed E-state index contributed by atoms with van der Waals surface area (Å²) in [6, 6.07) is 15.3. The van der Waals surface area contributed by atoms with Crippen LogP contribution in [0.3, 0.4) is 0 Å². The molecule has 2 aromatic rings. The molecule has 0 aliphatic heterocycles. The molecule has 0 saturated heterocycles. The summed E-state index contributed by atoms with van der Waals surface area (Å²) in [4.78, 5) is 23.6. The molecule has 120 valence electrons. The zero-order chi connectivity index (χ0) is 16.8. The monoisotopic (exact) mass is 314 g/mol. The number of hydroxylamine groups is 1. The van der Waals surface area contributed by atoms with E-state index in [-0.39, 0.29) is 0 Å². The van der Waals surface area contributed by atoms with Crippen LogP contribution in [-0.4, -0.2) is 34.3 Å². The lowest BCUT2D eigenvalue weighted by atomic mass is 10.0. The van der Waals surface area contributed by atoms with E-state index < -0.39 is 24.0 Å². The maximum Gasteiger partial charge on any atom is 0.268 e. The minimum atomic E-state index is -1.23. The van der Waals surface area contributed by atoms with Crippen molar-refractivity contribution in [1.29, 1.82) is 0 Å². The maximum atomic E-state index is 12.1. The number of nitrogens with one attached hydrogen (secondary N) is 2. The zero-order valence-corrected chi connectivity index (χ0v) is 12.6. The highest BCUT2D eigenvalue weighted by Crippen LogP contribution is 2.19. The van der Waals surface area contributed by atoms with E-state index in [9.17, 15) is 14.7 Å². The van der Waals surface area contributed by atoms with E-state index in [1.807, 2.05) is 30.3 Å². The number of hydrogen-bond donors (Lipinski definition) is 4. The van der Waals surface area contributed by atoms with Crippen molar-refractivity contribution in [2.75, 3.05) is 0 Å². The largest absolute Gasteiger partial charge is 0.391 e. The van der Waals surface area contributed by atoms with Gasteiger partial charge in [0.1, 0.15) is 6.04 Å². The molecular weight excluding hydrogens is 296 g/mol. The first kappa shape index (κ1) is 16.7. The molecular formula is C17H18N2O4. The second-order valence-corrected chi connectivity index (χ2v) is 5.11. The smallest absolute Gasteiger partial charge is 0.268 e. The Bertz CT molecular complexity index is 669. The highest BCUT2D eigenvalue weighted by Gasteiger charge is 2.25. The molecule has 0 radical (unpaired) electrons. The number of carbonyl (C=O) groups is 2. The standard InChI is InChI=1S/C17H18N2O4/c1-11(20)15(17(22)19-23)18-16(21)14-9-7-13(8-10-14)12-5-3-2-4-6-12/h2-11,15,20,23H,1H3,(H,18,21)(H,19,22)/t11-,15?/m1/s1. The molecule has 2 aromatic carbocycles. The van der Waals surface area contributed by atoms with Crippen molar-refractivity contribution in [3.63, 3.8) is 0 Å². The van der Waals surface area contributed by atoms with Crippen LogP contribution in [0.1, 0.15) is 17.3 Å². The molecule has 2 rings (SSSR count). The molecule has 0 spiro atoms. The average molecular weight is 314 g/mol. The Labute approximate surface area is 133 Å². The van der Waals surface area contributed by atoms with Gasteiger partial charge in [0.15, 0.2) is 0 Å². The molecule has 1 unspecified atom stereocenters. The maximum absolute atomic E-state index is 12.1. The number of aliphatic hydroxyl groups is 1. The Balaban J connectivity index is 2.12. The zero-order valence-electron chi connectivity index (χ0n) is 12.6. The van der Waals surface area contributed by atoms with Crippen molar-refractivity contribution in [2.45, 2.75) is 19.1 Å². The number of aliphatic hydroxyl groups excluding tert-OH is 1. The van der Waals surface area contributed by atoms with Crippen LogP contribution in [0.2, 0.25) is 0 Å². The highest BCUT2D eigenvalue weighted by molar-refractivity contribution is 5.97. The van der Waals surface area contributed by atoms with Gasteiger partial charge in [-0.1, -0.05) is 42.5 Å². The lowest BCUT2D eigenvalue weighted by Gasteiger charge is -2.19. The fraction of sp³-hybridized carbons (Fsp3) is 0.176. The molecule has 6 nitrogen and oxygen atoms in total. The Kier molecular flexibility index (Phi) is 5.46. The number of benzene rings is 2. The minimum Gasteiger partial charge on any atom is -0.391 e. The van der Waals surface area contributed by atoms with Gasteiger partial charge in [-0.2, -0.15) is 0 Å². The van der Waals surface area contributed by atoms with Crippen LogP contribution in [0, 0.1) is 0 Å². The van der Waals surface area contributed by atoms with Crippen molar-refractivity contribution in [3.8, 4) is 11.1 Å². The third-order valence-corrected chi connectivity index (χ3v) is 3.42. The lowest BCUT2D eigenvalue weighted by Crippen LogP contribution is -2.51. The molecule has 6 heteroatoms. The van der Waals surface area contributed by atoms with E-state index in [4.69, 9.17) is 5.21 Å². The van der Waals surface area contributed by atoms with E-state index in [1.165, 1.54) is 12.4 Å². The van der Waals surface area contributed by atoms with E-state index >= 15 is 0 Å². The summed E-state index contributed by atoms with van der Waals surface area (Å²) in [5.41, 5.74) is 3.76. The van der Waals surface area contributed by atoms with E-state index in [1.54, 1.807) is 24.3 Å². The molecule has 2 amide bonds. The van der Waals surface area contributed by atoms with Crippen molar-refractivity contribution in [3.05, 3.63) is 60.2 Å². The number of rotatable bonds is 5. The van der Waals surface area contributed by atoms with Crippen LogP contribution in [-0.2, 0) is 4.79 Å². The Morgan fingerprint density at radius 1 is 0.957 bits per heavy atom. The first-order valence-corrected chi connectivity index (χ1v) is 7.11. The third kappa shape index (κ3) is 4.15. The van der Waals surface area contributed by atoms with Gasteiger partial charge in [-0.15, -0.1) is 0 Å². The van der Waals surface area contributed by atoms with Crippen molar-refractivity contribution < 1.29 is 19.9 Å². The summed E-state index contributed by atoms with van der Waals surface area (Å²) in [7, 11) is 0. The van der Waals surface area contributed by atoms with Crippen LogP contribution >= 0.6 is 0 Å². The van der Waals surface area contributed by atoms with Crippen molar-refractivity contribution in [2.24, 2.45) is 0 Å². The molecule has 0 aliphatic rings. The molecule has 0 bridgehead atoms. The highest BCUT2D eigenvalue weighted by atomic mass is 16.5. The third-order valence-electron chi connectivity index (χ3n) is 3.42. The van der Waals surface area contributed by atoms with Gasteiger partial charge < -0.3 is 10.4 Å². The van der Waals surface area contributed by atoms with Gasteiger partial charge in [0.2, 0.25) is 0 Å². The SMILES string of the molecule is C[C@@H](O)C(NC(=O)c1ccc(-c2ccccc2)cc1)C(=O)NO. The molecule has 0 aromatic heterocycles. The average Bonchev–Trinajstić information content (AvgIpc) is 2.59. The topological polar surface area (TPSA) is 98.7 Å². The molecule has 23 heavy (non-hydrogen) atoms. The minimum absolute atomic E-state index is 0.348. The van der Waals surface area contributed by atoms with Gasteiger partial charge >= 0.3 is 0 Å². The molecule has 0 saturated carbocycles. The number of carbonyl (C=O) groups excluding carboxylic acids is 2. The molecule has 0 heterocycles. The predicted molar refractivity (Wildman–Crippen MR) is 84.7 cm³/mol. The summed E-state index contributed by atoms with van der Waals surface area (Å²) >= 11 is 0. The van der Waals surface area contributed by atoms with E-state index in [0.29, 0.717) is 5.56 Å². The Morgan fingerprint density at radius 3 is 2.04 bits per heavy atom. The number of hydrogen-bond acceptors (Lipinski definition) is 4. The Morgan fingerprint density at radius 2 is 1.52 bits per heavy atom.